The Labute approximate surface area is 241 Å². The van der Waals surface area contributed by atoms with Gasteiger partial charge in [-0.05, 0) is 50.2 Å². The highest BCUT2D eigenvalue weighted by Gasteiger charge is 2.33. The van der Waals surface area contributed by atoms with E-state index in [1.807, 2.05) is 11.9 Å². The molecule has 42 heavy (non-hydrogen) atoms. The smallest absolute Gasteiger partial charge is 0.284 e. The maximum atomic E-state index is 13.7. The number of carbonyl (C=O) groups excluding carboxylic acids is 1. The summed E-state index contributed by atoms with van der Waals surface area (Å²) < 4.78 is 54.7. The zero-order valence-corrected chi connectivity index (χ0v) is 23.8. The predicted octanol–water partition coefficient (Wildman–Crippen LogP) is 3.52. The van der Waals surface area contributed by atoms with Crippen LogP contribution in [0.1, 0.15) is 40.9 Å². The molecule has 5 rings (SSSR count). The van der Waals surface area contributed by atoms with Crippen molar-refractivity contribution in [3.05, 3.63) is 75.0 Å². The highest BCUT2D eigenvalue weighted by atomic mass is 32.2. The van der Waals surface area contributed by atoms with E-state index in [9.17, 15) is 32.1 Å². The van der Waals surface area contributed by atoms with Gasteiger partial charge in [-0.25, -0.2) is 17.2 Å². The third-order valence-corrected chi connectivity index (χ3v) is 9.49. The first-order valence-electron chi connectivity index (χ1n) is 13.6. The number of nitrogens with one attached hydrogen (secondary N) is 2. The van der Waals surface area contributed by atoms with Gasteiger partial charge < -0.3 is 15.1 Å². The molecule has 0 aliphatic carbocycles. The molecular formula is C27H31F2N7O5S. The lowest BCUT2D eigenvalue weighted by molar-refractivity contribution is -0.385. The fraction of sp³-hybridized carbons (Fsp3) is 0.407. The monoisotopic (exact) mass is 603 g/mol. The summed E-state index contributed by atoms with van der Waals surface area (Å²) in [6, 6.07) is 6.44. The highest BCUT2D eigenvalue weighted by Crippen LogP contribution is 2.31. The number of amides is 1. The van der Waals surface area contributed by atoms with Crippen molar-refractivity contribution in [3.63, 3.8) is 0 Å². The maximum Gasteiger partial charge on any atom is 0.284 e. The van der Waals surface area contributed by atoms with Crippen molar-refractivity contribution in [2.45, 2.75) is 37.1 Å². The van der Waals surface area contributed by atoms with Gasteiger partial charge in [-0.3, -0.25) is 20.0 Å². The maximum absolute atomic E-state index is 13.7. The molecule has 2 N–H and O–H groups in total. The predicted molar refractivity (Wildman–Crippen MR) is 151 cm³/mol. The number of carbonyl (C=O) groups is 1. The van der Waals surface area contributed by atoms with Gasteiger partial charge in [0.05, 0.1) is 9.82 Å². The number of anilines is 2. The largest absolute Gasteiger partial charge is 0.373 e. The fourth-order valence-corrected chi connectivity index (χ4v) is 6.74. The number of nitrogens with zero attached hydrogens (tertiary/aromatic N) is 5. The van der Waals surface area contributed by atoms with Gasteiger partial charge in [-0.1, -0.05) is 6.42 Å². The number of aromatic nitrogens is 2. The second-order valence-corrected chi connectivity index (χ2v) is 12.4. The number of piperidine rings is 1. The molecule has 0 spiro atoms. The van der Waals surface area contributed by atoms with Crippen LogP contribution in [0.25, 0.3) is 0 Å². The summed E-state index contributed by atoms with van der Waals surface area (Å²) in [7, 11) is -2.42. The highest BCUT2D eigenvalue weighted by molar-refractivity contribution is 7.89. The van der Waals surface area contributed by atoms with Gasteiger partial charge in [0.25, 0.3) is 11.6 Å². The van der Waals surface area contributed by atoms with E-state index in [0.29, 0.717) is 29.6 Å². The van der Waals surface area contributed by atoms with E-state index in [1.165, 1.54) is 31.4 Å². The first kappa shape index (κ1) is 29.5. The van der Waals surface area contributed by atoms with Crippen LogP contribution in [0.5, 0.6) is 0 Å². The molecule has 1 aromatic heterocycles. The molecule has 2 aromatic carbocycles. The Morgan fingerprint density at radius 2 is 1.83 bits per heavy atom. The number of nitro groups is 1. The number of aromatic amines is 1. The third-order valence-electron chi connectivity index (χ3n) is 7.67. The SMILES string of the molecule is CN(CCN1CCCCC1)c1ccc(C(=O)Nc2n[nH]c3c2CN(S(=O)(=O)c2cc(F)cc(F)c2)CC3)c([N+](=O)[O-])c1. The van der Waals surface area contributed by atoms with Gasteiger partial charge in [-0.2, -0.15) is 9.40 Å². The lowest BCUT2D eigenvalue weighted by atomic mass is 10.1. The molecule has 0 saturated carbocycles. The van der Waals surface area contributed by atoms with Crippen molar-refractivity contribution < 1.29 is 26.9 Å². The number of hydrogen-bond donors (Lipinski definition) is 2. The Balaban J connectivity index is 1.32. The Morgan fingerprint density at radius 1 is 1.12 bits per heavy atom. The van der Waals surface area contributed by atoms with Crippen LogP contribution in [0.2, 0.25) is 0 Å². The van der Waals surface area contributed by atoms with Crippen molar-refractivity contribution in [2.24, 2.45) is 0 Å². The third kappa shape index (κ3) is 6.27. The van der Waals surface area contributed by atoms with Gasteiger partial charge in [-0.15, -0.1) is 0 Å². The van der Waals surface area contributed by atoms with Gasteiger partial charge in [0.15, 0.2) is 5.82 Å². The number of nitro benzene ring substituents is 1. The van der Waals surface area contributed by atoms with Gasteiger partial charge in [0.1, 0.15) is 17.2 Å². The number of halogens is 2. The molecule has 0 atom stereocenters. The summed E-state index contributed by atoms with van der Waals surface area (Å²) in [6.07, 6.45) is 3.77. The van der Waals surface area contributed by atoms with Crippen molar-refractivity contribution in [2.75, 3.05) is 50.0 Å². The summed E-state index contributed by atoms with van der Waals surface area (Å²) in [4.78, 5) is 28.3. The minimum atomic E-state index is -4.27. The van der Waals surface area contributed by atoms with Crippen molar-refractivity contribution in [3.8, 4) is 0 Å². The molecular weight excluding hydrogens is 572 g/mol. The van der Waals surface area contributed by atoms with E-state index in [2.05, 4.69) is 20.4 Å². The summed E-state index contributed by atoms with van der Waals surface area (Å²) >= 11 is 0. The van der Waals surface area contributed by atoms with E-state index in [1.54, 1.807) is 6.07 Å². The molecule has 12 nitrogen and oxygen atoms in total. The topological polar surface area (TPSA) is 145 Å². The Hall–Kier alpha value is -3.95. The fourth-order valence-electron chi connectivity index (χ4n) is 5.28. The van der Waals surface area contributed by atoms with Crippen LogP contribution in [-0.2, 0) is 23.0 Å². The number of hydrogen-bond acceptors (Lipinski definition) is 8. The molecule has 2 aliphatic heterocycles. The number of fused-ring (bicyclic) bond motifs is 1. The number of rotatable bonds is 9. The van der Waals surface area contributed by atoms with Crippen LogP contribution >= 0.6 is 0 Å². The number of H-pyrrole nitrogens is 1. The standard InChI is InChI=1S/C27H31F2N7O5S/c1-33(11-12-34-8-3-2-4-9-34)20-5-6-22(25(16-20)36(38)39)27(37)30-26-23-17-35(10-7-24(23)31-32-26)42(40,41)21-14-18(28)13-19(29)15-21/h5-6,13-16H,2-4,7-12,17H2,1H3,(H2,30,31,32,37). The number of benzene rings is 2. The Morgan fingerprint density at radius 3 is 2.52 bits per heavy atom. The van der Waals surface area contributed by atoms with Gasteiger partial charge in [0.2, 0.25) is 10.0 Å². The van der Waals surface area contributed by atoms with Crippen LogP contribution in [0.4, 0.5) is 26.0 Å². The van der Waals surface area contributed by atoms with Crippen LogP contribution in [0.15, 0.2) is 41.3 Å². The Kier molecular flexibility index (Phi) is 8.52. The quantitative estimate of drug-likeness (QED) is 0.279. The van der Waals surface area contributed by atoms with Crippen molar-refractivity contribution >= 4 is 33.1 Å². The number of likely N-dealkylation sites (N-methyl/N-ethyl adjacent to an activating group) is 1. The zero-order chi connectivity index (χ0) is 30.0. The summed E-state index contributed by atoms with van der Waals surface area (Å²) in [5.74, 6) is -2.82. The minimum Gasteiger partial charge on any atom is -0.373 e. The number of sulfonamides is 1. The lowest BCUT2D eigenvalue weighted by Gasteiger charge is -2.29. The van der Waals surface area contributed by atoms with Crippen LogP contribution in [-0.4, -0.2) is 78.4 Å². The molecule has 1 saturated heterocycles. The van der Waals surface area contributed by atoms with E-state index in [0.717, 1.165) is 36.1 Å². The molecule has 0 bridgehead atoms. The van der Waals surface area contributed by atoms with Crippen molar-refractivity contribution in [1.82, 2.24) is 19.4 Å². The average Bonchev–Trinajstić information content (AvgIpc) is 3.37. The van der Waals surface area contributed by atoms with Crippen LogP contribution < -0.4 is 10.2 Å². The zero-order valence-electron chi connectivity index (χ0n) is 23.0. The lowest BCUT2D eigenvalue weighted by Crippen LogP contribution is -2.36. The van der Waals surface area contributed by atoms with E-state index < -0.39 is 37.4 Å². The van der Waals surface area contributed by atoms with Gasteiger partial charge >= 0.3 is 0 Å². The molecule has 1 fully saturated rings. The first-order valence-corrected chi connectivity index (χ1v) is 15.0. The second kappa shape index (κ2) is 12.1. The molecule has 3 aromatic rings. The second-order valence-electron chi connectivity index (χ2n) is 10.5. The first-order chi connectivity index (χ1) is 20.0. The molecule has 224 valence electrons. The molecule has 0 unspecified atom stereocenters. The molecule has 0 radical (unpaired) electrons. The molecule has 15 heteroatoms. The van der Waals surface area contributed by atoms with E-state index in [4.69, 9.17) is 0 Å². The van der Waals surface area contributed by atoms with Gasteiger partial charge in [0, 0.05) is 68.7 Å². The van der Waals surface area contributed by atoms with E-state index >= 15 is 0 Å². The van der Waals surface area contributed by atoms with Crippen LogP contribution in [0.3, 0.4) is 0 Å². The van der Waals surface area contributed by atoms with Crippen LogP contribution in [0, 0.1) is 21.7 Å². The van der Waals surface area contributed by atoms with Crippen molar-refractivity contribution in [1.29, 1.82) is 0 Å². The molecule has 2 aliphatic rings. The molecule has 3 heterocycles. The van der Waals surface area contributed by atoms with E-state index in [-0.39, 0.29) is 36.6 Å². The average molecular weight is 604 g/mol. The summed E-state index contributed by atoms with van der Waals surface area (Å²) in [6.45, 7) is 3.36. The summed E-state index contributed by atoms with van der Waals surface area (Å²) in [5, 5.41) is 21.3. The Bertz CT molecular complexity index is 1590. The number of likely N-dealkylation sites (tertiary alicyclic amines) is 1. The molecule has 1 amide bonds. The summed E-state index contributed by atoms with van der Waals surface area (Å²) in [5.41, 5.74) is 0.966. The normalized spacial score (nSPS) is 16.2. The minimum absolute atomic E-state index is 0.0114.